The van der Waals surface area contributed by atoms with Gasteiger partial charge in [-0.05, 0) is 88.9 Å². The maximum absolute atomic E-state index is 6.31. The van der Waals surface area contributed by atoms with Crippen LogP contribution in [0.3, 0.4) is 0 Å². The van der Waals surface area contributed by atoms with E-state index in [2.05, 4.69) is 87.2 Å². The molecule has 0 heterocycles. The maximum atomic E-state index is 6.31. The highest BCUT2D eigenvalue weighted by Gasteiger charge is 2.19. The minimum absolute atomic E-state index is 0.156. The summed E-state index contributed by atoms with van der Waals surface area (Å²) in [5.74, 6) is 3.02. The second-order valence-corrected chi connectivity index (χ2v) is 13.8. The van der Waals surface area contributed by atoms with Crippen molar-refractivity contribution in [2.75, 3.05) is 13.2 Å². The topological polar surface area (TPSA) is 27.7 Å². The second-order valence-electron chi connectivity index (χ2n) is 10.7. The first-order chi connectivity index (χ1) is 15.6. The normalized spacial score (nSPS) is 19.5. The average molecular weight is 601 g/mol. The molecule has 0 amide bonds. The zero-order chi connectivity index (χ0) is 25.2. The van der Waals surface area contributed by atoms with Crippen LogP contribution in [0, 0.1) is 23.7 Å². The Morgan fingerprint density at radius 1 is 0.515 bits per heavy atom. The van der Waals surface area contributed by atoms with Gasteiger partial charge in [0.05, 0.1) is 0 Å². The Morgan fingerprint density at radius 3 is 1.18 bits per heavy atom. The summed E-state index contributed by atoms with van der Waals surface area (Å²) in [5.41, 5.74) is 0. The molecule has 0 fully saturated rings. The van der Waals surface area contributed by atoms with Crippen molar-refractivity contribution in [2.45, 2.75) is 142 Å². The van der Waals surface area contributed by atoms with Crippen LogP contribution in [0.4, 0.5) is 0 Å². The van der Waals surface area contributed by atoms with Gasteiger partial charge in [-0.1, -0.05) is 86.2 Å². The first-order valence-corrected chi connectivity index (χ1v) is 15.6. The number of hydrogen-bond acceptors (Lipinski definition) is 3. The Hall–Kier alpha value is 0.840. The van der Waals surface area contributed by atoms with E-state index in [1.165, 1.54) is 38.5 Å². The Balaban J connectivity index is 4.39. The second kappa shape index (κ2) is 21.0. The fourth-order valence-corrected chi connectivity index (χ4v) is 6.38. The summed E-state index contributed by atoms with van der Waals surface area (Å²) in [6.07, 6.45) is 11.4. The van der Waals surface area contributed by atoms with E-state index in [4.69, 9.17) is 14.2 Å². The van der Waals surface area contributed by atoms with Gasteiger partial charge in [-0.15, -0.1) is 0 Å². The van der Waals surface area contributed by atoms with Crippen molar-refractivity contribution in [2.24, 2.45) is 23.7 Å². The number of rotatable bonds is 22. The molecule has 3 nitrogen and oxygen atoms in total. The molecular weight excluding hydrogens is 544 g/mol. The number of ether oxygens (including phenoxy) is 3. The molecule has 8 atom stereocenters. The van der Waals surface area contributed by atoms with E-state index in [9.17, 15) is 0 Å². The van der Waals surface area contributed by atoms with E-state index in [-0.39, 0.29) is 12.6 Å². The third-order valence-electron chi connectivity index (χ3n) is 6.35. The molecule has 0 radical (unpaired) electrons. The van der Waals surface area contributed by atoms with Gasteiger partial charge in [0.2, 0.25) is 0 Å². The van der Waals surface area contributed by atoms with Gasteiger partial charge in [0.1, 0.15) is 0 Å². The van der Waals surface area contributed by atoms with Crippen molar-refractivity contribution in [3.05, 3.63) is 0 Å². The molecule has 200 valence electrons. The molecule has 5 heteroatoms. The zero-order valence-electron chi connectivity index (χ0n) is 23.1. The van der Waals surface area contributed by atoms with E-state index in [0.717, 1.165) is 49.4 Å². The van der Waals surface area contributed by atoms with Crippen molar-refractivity contribution in [1.82, 2.24) is 0 Å². The molecule has 0 N–H and O–H groups in total. The summed E-state index contributed by atoms with van der Waals surface area (Å²) in [6.45, 7) is 19.5. The largest absolute Gasteiger partial charge is 0.353 e. The third-order valence-corrected chi connectivity index (χ3v) is 7.09. The lowest BCUT2D eigenvalue weighted by Gasteiger charge is -2.26. The van der Waals surface area contributed by atoms with Crippen LogP contribution >= 0.6 is 31.9 Å². The summed E-state index contributed by atoms with van der Waals surface area (Å²) >= 11 is 7.37. The first-order valence-electron chi connectivity index (χ1n) is 13.7. The Kier molecular flexibility index (Phi) is 21.5. The highest BCUT2D eigenvalue weighted by atomic mass is 79.9. The minimum Gasteiger partial charge on any atom is -0.353 e. The minimum atomic E-state index is -0.156. The molecule has 0 aliphatic rings. The van der Waals surface area contributed by atoms with Crippen LogP contribution in [0.2, 0.25) is 0 Å². The van der Waals surface area contributed by atoms with Crippen molar-refractivity contribution in [1.29, 1.82) is 0 Å². The lowest BCUT2D eigenvalue weighted by Crippen LogP contribution is -2.27. The van der Waals surface area contributed by atoms with E-state index >= 15 is 0 Å². The summed E-state index contributed by atoms with van der Waals surface area (Å²) in [7, 11) is 0. The SMILES string of the molecule is CCOC(CCCC(C)CC(C)CC(C)Br)OC(CCCC(C)CC(C)CC(C)Br)OCC. The van der Waals surface area contributed by atoms with Crippen LogP contribution in [0.25, 0.3) is 0 Å². The summed E-state index contributed by atoms with van der Waals surface area (Å²) in [4.78, 5) is 1.21. The molecule has 0 bridgehead atoms. The maximum Gasteiger partial charge on any atom is 0.160 e. The van der Waals surface area contributed by atoms with Crippen molar-refractivity contribution in [3.63, 3.8) is 0 Å². The van der Waals surface area contributed by atoms with Crippen LogP contribution in [0.1, 0.15) is 120 Å². The van der Waals surface area contributed by atoms with Gasteiger partial charge in [0.25, 0.3) is 0 Å². The van der Waals surface area contributed by atoms with Crippen molar-refractivity contribution in [3.8, 4) is 0 Å². The summed E-state index contributed by atoms with van der Waals surface area (Å²) in [5, 5.41) is 0. The van der Waals surface area contributed by atoms with Crippen LogP contribution in [-0.2, 0) is 14.2 Å². The van der Waals surface area contributed by atoms with E-state index in [0.29, 0.717) is 22.9 Å². The van der Waals surface area contributed by atoms with Crippen LogP contribution in [0.15, 0.2) is 0 Å². The standard InChI is InChI=1S/C28H56Br2O3/c1-9-31-27(15-11-13-21(3)17-23(5)19-25(7)29)33-28(32-10-2)16-12-14-22(4)18-24(6)20-26(8)30/h21-28H,9-20H2,1-8H3. The summed E-state index contributed by atoms with van der Waals surface area (Å²) in [6, 6.07) is 0. The summed E-state index contributed by atoms with van der Waals surface area (Å²) < 4.78 is 18.2. The molecule has 0 saturated heterocycles. The van der Waals surface area contributed by atoms with Crippen LogP contribution in [0.5, 0.6) is 0 Å². The van der Waals surface area contributed by atoms with Crippen LogP contribution < -0.4 is 0 Å². The fraction of sp³-hybridized carbons (Fsp3) is 1.00. The number of hydrogen-bond donors (Lipinski definition) is 0. The van der Waals surface area contributed by atoms with Gasteiger partial charge in [0, 0.05) is 22.9 Å². The highest BCUT2D eigenvalue weighted by Crippen LogP contribution is 2.26. The number of alkyl halides is 2. The monoisotopic (exact) mass is 598 g/mol. The molecule has 33 heavy (non-hydrogen) atoms. The molecule has 8 unspecified atom stereocenters. The van der Waals surface area contributed by atoms with Crippen LogP contribution in [-0.4, -0.2) is 35.4 Å². The lowest BCUT2D eigenvalue weighted by molar-refractivity contribution is -0.247. The molecular formula is C28H56Br2O3. The molecule has 0 aliphatic heterocycles. The molecule has 0 aromatic carbocycles. The van der Waals surface area contributed by atoms with E-state index in [1.54, 1.807) is 0 Å². The molecule has 0 saturated carbocycles. The highest BCUT2D eigenvalue weighted by molar-refractivity contribution is 9.09. The first kappa shape index (κ1) is 33.8. The molecule has 0 aromatic rings. The predicted octanol–water partition coefficient (Wildman–Crippen LogP) is 9.74. The van der Waals surface area contributed by atoms with Gasteiger partial charge in [-0.3, -0.25) is 0 Å². The molecule has 0 rings (SSSR count). The quantitative estimate of drug-likeness (QED) is 0.0915. The zero-order valence-corrected chi connectivity index (χ0v) is 26.3. The number of halogens is 2. The third kappa shape index (κ3) is 20.7. The molecule has 0 aromatic heterocycles. The van der Waals surface area contributed by atoms with E-state index in [1.807, 2.05) is 0 Å². The molecule has 0 aliphatic carbocycles. The Labute approximate surface area is 224 Å². The van der Waals surface area contributed by atoms with Gasteiger partial charge in [-0.2, -0.15) is 0 Å². The predicted molar refractivity (Wildman–Crippen MR) is 152 cm³/mol. The van der Waals surface area contributed by atoms with Crippen molar-refractivity contribution >= 4 is 31.9 Å². The van der Waals surface area contributed by atoms with Gasteiger partial charge >= 0.3 is 0 Å². The Bertz CT molecular complexity index is 395. The van der Waals surface area contributed by atoms with Gasteiger partial charge in [0.15, 0.2) is 12.6 Å². The molecule has 0 spiro atoms. The average Bonchev–Trinajstić information content (AvgIpc) is 2.66. The Morgan fingerprint density at radius 2 is 0.879 bits per heavy atom. The lowest BCUT2D eigenvalue weighted by atomic mass is 9.90. The van der Waals surface area contributed by atoms with Gasteiger partial charge in [-0.25, -0.2) is 0 Å². The smallest absolute Gasteiger partial charge is 0.160 e. The van der Waals surface area contributed by atoms with E-state index < -0.39 is 0 Å². The van der Waals surface area contributed by atoms with Gasteiger partial charge < -0.3 is 14.2 Å². The fourth-order valence-electron chi connectivity index (χ4n) is 5.10. The van der Waals surface area contributed by atoms with Crippen molar-refractivity contribution < 1.29 is 14.2 Å².